The first kappa shape index (κ1) is 15.3. The van der Waals surface area contributed by atoms with Crippen LogP contribution in [0.4, 0.5) is 0 Å². The fraction of sp³-hybridized carbons (Fsp3) is 0.533. The first-order valence-corrected chi connectivity index (χ1v) is 7.51. The van der Waals surface area contributed by atoms with E-state index in [1.165, 1.54) is 5.56 Å². The normalized spacial score (nSPS) is 17.0. The van der Waals surface area contributed by atoms with Crippen LogP contribution in [0.3, 0.4) is 0 Å². The fourth-order valence-corrected chi connectivity index (χ4v) is 2.63. The van der Waals surface area contributed by atoms with Crippen molar-refractivity contribution in [3.8, 4) is 0 Å². The van der Waals surface area contributed by atoms with Crippen molar-refractivity contribution in [2.24, 2.45) is 5.73 Å². The predicted molar refractivity (Wildman–Crippen MR) is 81.6 cm³/mol. The SMILES string of the molecule is NCCC(=O)N1CCCN(Cc2ccc(Cl)cc2)CC1. The van der Waals surface area contributed by atoms with E-state index in [1.807, 2.05) is 17.0 Å². The van der Waals surface area contributed by atoms with Crippen LogP contribution in [0, 0.1) is 0 Å². The Balaban J connectivity index is 1.86. The largest absolute Gasteiger partial charge is 0.341 e. The number of nitrogens with zero attached hydrogens (tertiary/aromatic N) is 2. The summed E-state index contributed by atoms with van der Waals surface area (Å²) in [6, 6.07) is 7.96. The van der Waals surface area contributed by atoms with Gasteiger partial charge in [-0.25, -0.2) is 0 Å². The molecule has 0 saturated carbocycles. The predicted octanol–water partition coefficient (Wildman–Crippen LogP) is 1.72. The lowest BCUT2D eigenvalue weighted by Crippen LogP contribution is -2.35. The molecule has 0 aromatic heterocycles. The average molecular weight is 296 g/mol. The van der Waals surface area contributed by atoms with Crippen molar-refractivity contribution in [2.75, 3.05) is 32.7 Å². The molecule has 1 aliphatic rings. The van der Waals surface area contributed by atoms with E-state index in [-0.39, 0.29) is 5.91 Å². The Kier molecular flexibility index (Phi) is 5.83. The van der Waals surface area contributed by atoms with Crippen LogP contribution >= 0.6 is 11.6 Å². The number of hydrogen-bond acceptors (Lipinski definition) is 3. The molecule has 1 aromatic carbocycles. The molecule has 0 unspecified atom stereocenters. The van der Waals surface area contributed by atoms with Gasteiger partial charge >= 0.3 is 0 Å². The van der Waals surface area contributed by atoms with Crippen molar-refractivity contribution in [3.05, 3.63) is 34.9 Å². The van der Waals surface area contributed by atoms with E-state index in [4.69, 9.17) is 17.3 Å². The molecule has 2 rings (SSSR count). The first-order chi connectivity index (χ1) is 9.69. The lowest BCUT2D eigenvalue weighted by Gasteiger charge is -2.22. The van der Waals surface area contributed by atoms with Crippen molar-refractivity contribution in [3.63, 3.8) is 0 Å². The Labute approximate surface area is 125 Å². The van der Waals surface area contributed by atoms with Gasteiger partial charge in [0.05, 0.1) is 0 Å². The maximum absolute atomic E-state index is 11.9. The van der Waals surface area contributed by atoms with Gasteiger partial charge in [0.2, 0.25) is 5.91 Å². The zero-order chi connectivity index (χ0) is 14.4. The number of hydrogen-bond donors (Lipinski definition) is 1. The van der Waals surface area contributed by atoms with Gasteiger partial charge in [-0.2, -0.15) is 0 Å². The number of amides is 1. The number of halogens is 1. The Bertz CT molecular complexity index is 435. The third-order valence-electron chi connectivity index (χ3n) is 3.62. The molecule has 5 heteroatoms. The summed E-state index contributed by atoms with van der Waals surface area (Å²) in [6.07, 6.45) is 1.47. The molecule has 0 atom stereocenters. The van der Waals surface area contributed by atoms with Crippen LogP contribution in [-0.2, 0) is 11.3 Å². The van der Waals surface area contributed by atoms with E-state index in [0.29, 0.717) is 13.0 Å². The van der Waals surface area contributed by atoms with Crippen LogP contribution in [0.5, 0.6) is 0 Å². The summed E-state index contributed by atoms with van der Waals surface area (Å²) in [5.41, 5.74) is 6.71. The molecule has 110 valence electrons. The summed E-state index contributed by atoms with van der Waals surface area (Å²) >= 11 is 5.90. The molecule has 1 aromatic rings. The van der Waals surface area contributed by atoms with Crippen LogP contribution < -0.4 is 5.73 Å². The van der Waals surface area contributed by atoms with Crippen molar-refractivity contribution in [1.29, 1.82) is 0 Å². The van der Waals surface area contributed by atoms with Gasteiger partial charge in [-0.05, 0) is 24.1 Å². The second-order valence-electron chi connectivity index (χ2n) is 5.18. The number of rotatable bonds is 4. The van der Waals surface area contributed by atoms with Gasteiger partial charge < -0.3 is 10.6 Å². The summed E-state index contributed by atoms with van der Waals surface area (Å²) < 4.78 is 0. The molecule has 1 heterocycles. The van der Waals surface area contributed by atoms with E-state index < -0.39 is 0 Å². The molecule has 1 aliphatic heterocycles. The minimum absolute atomic E-state index is 0.181. The van der Waals surface area contributed by atoms with Crippen LogP contribution in [0.15, 0.2) is 24.3 Å². The van der Waals surface area contributed by atoms with Crippen LogP contribution in [0.25, 0.3) is 0 Å². The van der Waals surface area contributed by atoms with E-state index in [0.717, 1.165) is 44.2 Å². The van der Waals surface area contributed by atoms with Gasteiger partial charge in [0.1, 0.15) is 0 Å². The van der Waals surface area contributed by atoms with Crippen molar-refractivity contribution >= 4 is 17.5 Å². The molecule has 1 fully saturated rings. The van der Waals surface area contributed by atoms with Gasteiger partial charge in [-0.3, -0.25) is 9.69 Å². The molecule has 0 radical (unpaired) electrons. The molecule has 1 amide bonds. The zero-order valence-corrected chi connectivity index (χ0v) is 12.5. The second-order valence-corrected chi connectivity index (χ2v) is 5.61. The minimum atomic E-state index is 0.181. The Morgan fingerprint density at radius 3 is 2.60 bits per heavy atom. The highest BCUT2D eigenvalue weighted by Gasteiger charge is 2.18. The summed E-state index contributed by atoms with van der Waals surface area (Å²) in [5.74, 6) is 0.181. The van der Waals surface area contributed by atoms with E-state index in [9.17, 15) is 4.79 Å². The van der Waals surface area contributed by atoms with Gasteiger partial charge in [-0.15, -0.1) is 0 Å². The van der Waals surface area contributed by atoms with Crippen molar-refractivity contribution in [2.45, 2.75) is 19.4 Å². The Morgan fingerprint density at radius 2 is 1.90 bits per heavy atom. The third kappa shape index (κ3) is 4.47. The average Bonchev–Trinajstić information content (AvgIpc) is 2.67. The first-order valence-electron chi connectivity index (χ1n) is 7.13. The van der Waals surface area contributed by atoms with Gasteiger partial charge in [0, 0.05) is 50.7 Å². The van der Waals surface area contributed by atoms with Crippen LogP contribution in [0.1, 0.15) is 18.4 Å². The molecular formula is C15H22ClN3O. The van der Waals surface area contributed by atoms with Crippen LogP contribution in [0.2, 0.25) is 5.02 Å². The molecule has 20 heavy (non-hydrogen) atoms. The maximum Gasteiger partial charge on any atom is 0.223 e. The molecule has 2 N–H and O–H groups in total. The summed E-state index contributed by atoms with van der Waals surface area (Å²) in [5, 5.41) is 0.767. The van der Waals surface area contributed by atoms with E-state index >= 15 is 0 Å². The second kappa shape index (κ2) is 7.62. The standard InChI is InChI=1S/C15H22ClN3O/c16-14-4-2-13(3-5-14)12-18-8-1-9-19(11-10-18)15(20)6-7-17/h2-5H,1,6-12,17H2. The fourth-order valence-electron chi connectivity index (χ4n) is 2.51. The highest BCUT2D eigenvalue weighted by atomic mass is 35.5. The summed E-state index contributed by atoms with van der Waals surface area (Å²) in [4.78, 5) is 16.2. The lowest BCUT2D eigenvalue weighted by molar-refractivity contribution is -0.130. The molecule has 4 nitrogen and oxygen atoms in total. The molecule has 0 aliphatic carbocycles. The molecule has 1 saturated heterocycles. The lowest BCUT2D eigenvalue weighted by atomic mass is 10.2. The van der Waals surface area contributed by atoms with E-state index in [2.05, 4.69) is 17.0 Å². The quantitative estimate of drug-likeness (QED) is 0.920. The van der Waals surface area contributed by atoms with Gasteiger partial charge in [-0.1, -0.05) is 23.7 Å². The Hall–Kier alpha value is -1.10. The third-order valence-corrected chi connectivity index (χ3v) is 3.87. The van der Waals surface area contributed by atoms with Gasteiger partial charge in [0.25, 0.3) is 0 Å². The molecular weight excluding hydrogens is 274 g/mol. The number of carbonyl (C=O) groups is 1. The number of benzene rings is 1. The number of nitrogens with two attached hydrogens (primary N) is 1. The molecule has 0 bridgehead atoms. The van der Waals surface area contributed by atoms with Crippen molar-refractivity contribution < 1.29 is 4.79 Å². The topological polar surface area (TPSA) is 49.6 Å². The molecule has 0 spiro atoms. The minimum Gasteiger partial charge on any atom is -0.341 e. The highest BCUT2D eigenvalue weighted by molar-refractivity contribution is 6.30. The van der Waals surface area contributed by atoms with E-state index in [1.54, 1.807) is 0 Å². The highest BCUT2D eigenvalue weighted by Crippen LogP contribution is 2.13. The zero-order valence-electron chi connectivity index (χ0n) is 11.7. The smallest absolute Gasteiger partial charge is 0.223 e. The monoisotopic (exact) mass is 295 g/mol. The maximum atomic E-state index is 11.9. The number of carbonyl (C=O) groups excluding carboxylic acids is 1. The van der Waals surface area contributed by atoms with Crippen LogP contribution in [-0.4, -0.2) is 48.4 Å². The van der Waals surface area contributed by atoms with Crippen molar-refractivity contribution in [1.82, 2.24) is 9.80 Å². The summed E-state index contributed by atoms with van der Waals surface area (Å²) in [6.45, 7) is 4.93. The van der Waals surface area contributed by atoms with Gasteiger partial charge in [0.15, 0.2) is 0 Å². The summed E-state index contributed by atoms with van der Waals surface area (Å²) in [7, 11) is 0. The Morgan fingerprint density at radius 1 is 1.15 bits per heavy atom.